The molecule has 0 atom stereocenters. The third-order valence-corrected chi connectivity index (χ3v) is 6.64. The second-order valence-corrected chi connectivity index (χ2v) is 8.31. The van der Waals surface area contributed by atoms with Crippen LogP contribution in [-0.2, 0) is 17.6 Å². The van der Waals surface area contributed by atoms with E-state index in [1.165, 1.54) is 22.6 Å². The van der Waals surface area contributed by atoms with Gasteiger partial charge in [-0.2, -0.15) is 0 Å². The fourth-order valence-corrected chi connectivity index (χ4v) is 5.10. The molecule has 1 aliphatic heterocycles. The number of anilines is 1. The fraction of sp³-hybridized carbons (Fsp3) is 0.471. The Kier molecular flexibility index (Phi) is 4.37. The van der Waals surface area contributed by atoms with Crippen molar-refractivity contribution in [1.82, 2.24) is 9.88 Å². The number of amides is 2. The van der Waals surface area contributed by atoms with Crippen LogP contribution < -0.4 is 5.32 Å². The maximum Gasteiger partial charge on any atom is 0.263 e. The molecule has 4 rings (SSSR count). The second-order valence-electron chi connectivity index (χ2n) is 6.28. The molecule has 1 N–H and O–H groups in total. The minimum absolute atomic E-state index is 0.0314. The van der Waals surface area contributed by atoms with E-state index < -0.39 is 0 Å². The van der Waals surface area contributed by atoms with Crippen LogP contribution in [0.1, 0.15) is 39.5 Å². The molecule has 3 heterocycles. The Labute approximate surface area is 148 Å². The predicted octanol–water partition coefficient (Wildman–Crippen LogP) is 3.18. The largest absolute Gasteiger partial charge is 0.338 e. The normalized spacial score (nSPS) is 17.8. The first-order chi connectivity index (χ1) is 11.7. The van der Waals surface area contributed by atoms with Gasteiger partial charge in [-0.05, 0) is 43.6 Å². The molecule has 0 saturated carbocycles. The molecule has 7 heteroatoms. The molecule has 0 bridgehead atoms. The monoisotopic (exact) mass is 361 g/mol. The summed E-state index contributed by atoms with van der Waals surface area (Å²) in [5.74, 6) is 0.0991. The van der Waals surface area contributed by atoms with Crippen molar-refractivity contribution in [3.63, 3.8) is 0 Å². The number of hydrogen-bond acceptors (Lipinski definition) is 5. The van der Waals surface area contributed by atoms with Crippen LogP contribution in [0, 0.1) is 5.92 Å². The number of piperidine rings is 1. The van der Waals surface area contributed by atoms with Crippen molar-refractivity contribution < 1.29 is 9.59 Å². The van der Waals surface area contributed by atoms with E-state index >= 15 is 0 Å². The van der Waals surface area contributed by atoms with Gasteiger partial charge in [0.25, 0.3) is 5.91 Å². The van der Waals surface area contributed by atoms with Crippen molar-refractivity contribution in [2.24, 2.45) is 5.92 Å². The summed E-state index contributed by atoms with van der Waals surface area (Å²) in [5.41, 5.74) is 1.16. The van der Waals surface area contributed by atoms with Gasteiger partial charge in [0.2, 0.25) is 5.91 Å². The lowest BCUT2D eigenvalue weighted by Crippen LogP contribution is -2.41. The molecule has 0 aromatic carbocycles. The van der Waals surface area contributed by atoms with Crippen LogP contribution in [0.2, 0.25) is 0 Å². The predicted molar refractivity (Wildman–Crippen MR) is 95.7 cm³/mol. The average molecular weight is 361 g/mol. The van der Waals surface area contributed by atoms with E-state index in [9.17, 15) is 9.59 Å². The van der Waals surface area contributed by atoms with Gasteiger partial charge in [0, 0.05) is 23.9 Å². The zero-order valence-corrected chi connectivity index (χ0v) is 14.9. The van der Waals surface area contributed by atoms with Gasteiger partial charge in [-0.25, -0.2) is 4.98 Å². The molecule has 0 spiro atoms. The lowest BCUT2D eigenvalue weighted by atomic mass is 9.96. The molecule has 2 amide bonds. The van der Waals surface area contributed by atoms with E-state index in [4.69, 9.17) is 0 Å². The summed E-state index contributed by atoms with van der Waals surface area (Å²) < 4.78 is 0. The summed E-state index contributed by atoms with van der Waals surface area (Å²) >= 11 is 3.08. The molecule has 2 aliphatic rings. The topological polar surface area (TPSA) is 62.3 Å². The standard InChI is InChI=1S/C17H19N3O2S2/c21-15(19-17-18-12-3-1-4-13(12)24-17)11-6-8-20(9-7-11)16(22)14-5-2-10-23-14/h2,5,10-11H,1,3-4,6-9H2,(H,18,19,21). The summed E-state index contributed by atoms with van der Waals surface area (Å²) in [5, 5.41) is 5.63. The summed E-state index contributed by atoms with van der Waals surface area (Å²) in [6.07, 6.45) is 4.73. The number of likely N-dealkylation sites (tertiary alicyclic amines) is 1. The Hall–Kier alpha value is -1.73. The number of carbonyl (C=O) groups excluding carboxylic acids is 2. The Balaban J connectivity index is 1.32. The van der Waals surface area contributed by atoms with Crippen molar-refractivity contribution in [1.29, 1.82) is 0 Å². The van der Waals surface area contributed by atoms with Crippen molar-refractivity contribution in [2.45, 2.75) is 32.1 Å². The third-order valence-electron chi connectivity index (χ3n) is 4.71. The number of nitrogens with one attached hydrogen (secondary N) is 1. The zero-order valence-electron chi connectivity index (χ0n) is 13.3. The maximum absolute atomic E-state index is 12.5. The van der Waals surface area contributed by atoms with Crippen molar-refractivity contribution in [3.05, 3.63) is 33.0 Å². The van der Waals surface area contributed by atoms with Crippen molar-refractivity contribution >= 4 is 39.6 Å². The molecule has 0 unspecified atom stereocenters. The summed E-state index contributed by atoms with van der Waals surface area (Å²) in [4.78, 5) is 33.3. The van der Waals surface area contributed by atoms with E-state index in [-0.39, 0.29) is 17.7 Å². The Morgan fingerprint density at radius 2 is 2.08 bits per heavy atom. The van der Waals surface area contributed by atoms with Crippen LogP contribution in [0.4, 0.5) is 5.13 Å². The van der Waals surface area contributed by atoms with E-state index in [0.29, 0.717) is 25.9 Å². The Morgan fingerprint density at radius 3 is 2.79 bits per heavy atom. The molecule has 2 aromatic heterocycles. The maximum atomic E-state index is 12.5. The quantitative estimate of drug-likeness (QED) is 0.913. The number of fused-ring (bicyclic) bond motifs is 1. The average Bonchev–Trinajstić information content (AvgIpc) is 3.31. The number of carbonyl (C=O) groups is 2. The molecular formula is C17H19N3O2S2. The van der Waals surface area contributed by atoms with Gasteiger partial charge in [-0.1, -0.05) is 6.07 Å². The zero-order chi connectivity index (χ0) is 16.5. The first-order valence-electron chi connectivity index (χ1n) is 8.33. The smallest absolute Gasteiger partial charge is 0.263 e. The molecule has 5 nitrogen and oxygen atoms in total. The van der Waals surface area contributed by atoms with Gasteiger partial charge in [0.05, 0.1) is 10.6 Å². The minimum atomic E-state index is -0.0314. The van der Waals surface area contributed by atoms with Gasteiger partial charge in [0.15, 0.2) is 5.13 Å². The van der Waals surface area contributed by atoms with Crippen molar-refractivity contribution in [3.8, 4) is 0 Å². The highest BCUT2D eigenvalue weighted by molar-refractivity contribution is 7.16. The van der Waals surface area contributed by atoms with Gasteiger partial charge < -0.3 is 10.2 Å². The highest BCUT2D eigenvalue weighted by atomic mass is 32.1. The van der Waals surface area contributed by atoms with Crippen molar-refractivity contribution in [2.75, 3.05) is 18.4 Å². The van der Waals surface area contributed by atoms with Gasteiger partial charge in [0.1, 0.15) is 0 Å². The third kappa shape index (κ3) is 3.10. The second kappa shape index (κ2) is 6.64. The van der Waals surface area contributed by atoms with E-state index in [2.05, 4.69) is 10.3 Å². The number of thiazole rings is 1. The summed E-state index contributed by atoms with van der Waals surface area (Å²) in [7, 11) is 0. The molecule has 2 aromatic rings. The van der Waals surface area contributed by atoms with Crippen LogP contribution in [-0.4, -0.2) is 34.8 Å². The number of aromatic nitrogens is 1. The molecule has 1 saturated heterocycles. The number of nitrogens with zero attached hydrogens (tertiary/aromatic N) is 2. The minimum Gasteiger partial charge on any atom is -0.338 e. The number of rotatable bonds is 3. The van der Waals surface area contributed by atoms with E-state index in [1.807, 2.05) is 22.4 Å². The fourth-order valence-electron chi connectivity index (χ4n) is 3.35. The van der Waals surface area contributed by atoms with Gasteiger partial charge in [-0.3, -0.25) is 9.59 Å². The lowest BCUT2D eigenvalue weighted by molar-refractivity contribution is -0.121. The Morgan fingerprint density at radius 1 is 1.25 bits per heavy atom. The van der Waals surface area contributed by atoms with Crippen LogP contribution in [0.25, 0.3) is 0 Å². The van der Waals surface area contributed by atoms with Crippen LogP contribution in [0.15, 0.2) is 17.5 Å². The SMILES string of the molecule is O=C(Nc1nc2c(s1)CCC2)C1CCN(C(=O)c2cccs2)CC1. The molecule has 24 heavy (non-hydrogen) atoms. The number of hydrogen-bond donors (Lipinski definition) is 1. The number of aryl methyl sites for hydroxylation is 2. The van der Waals surface area contributed by atoms with Gasteiger partial charge >= 0.3 is 0 Å². The summed E-state index contributed by atoms with van der Waals surface area (Å²) in [6, 6.07) is 3.75. The highest BCUT2D eigenvalue weighted by Gasteiger charge is 2.29. The van der Waals surface area contributed by atoms with Crippen LogP contribution >= 0.6 is 22.7 Å². The molecule has 1 fully saturated rings. The Bertz CT molecular complexity index is 724. The van der Waals surface area contributed by atoms with E-state index in [0.717, 1.165) is 28.5 Å². The molecular weight excluding hydrogens is 342 g/mol. The molecule has 1 aliphatic carbocycles. The first kappa shape index (κ1) is 15.8. The summed E-state index contributed by atoms with van der Waals surface area (Å²) in [6.45, 7) is 1.28. The van der Waals surface area contributed by atoms with Gasteiger partial charge in [-0.15, -0.1) is 22.7 Å². The van der Waals surface area contributed by atoms with Crippen LogP contribution in [0.5, 0.6) is 0 Å². The lowest BCUT2D eigenvalue weighted by Gasteiger charge is -2.30. The number of thiophene rings is 1. The molecule has 126 valence electrons. The molecule has 0 radical (unpaired) electrons. The highest BCUT2D eigenvalue weighted by Crippen LogP contribution is 2.31. The first-order valence-corrected chi connectivity index (χ1v) is 10.0. The van der Waals surface area contributed by atoms with Crippen LogP contribution in [0.3, 0.4) is 0 Å². The van der Waals surface area contributed by atoms with E-state index in [1.54, 1.807) is 11.3 Å².